The van der Waals surface area contributed by atoms with Crippen LogP contribution in [0.1, 0.15) is 19.4 Å². The molecule has 0 fully saturated rings. The molecule has 0 aliphatic rings. The summed E-state index contributed by atoms with van der Waals surface area (Å²) in [6, 6.07) is 1.76. The molecule has 1 heterocycles. The van der Waals surface area contributed by atoms with E-state index in [0.29, 0.717) is 19.7 Å². The SMILES string of the molecule is COCCN(Cc1ccoc1)S(=O)(=O)C(C)C. The van der Waals surface area contributed by atoms with Crippen molar-refractivity contribution in [2.45, 2.75) is 25.6 Å². The van der Waals surface area contributed by atoms with Gasteiger partial charge in [0.2, 0.25) is 10.0 Å². The maximum atomic E-state index is 12.1. The van der Waals surface area contributed by atoms with E-state index in [-0.39, 0.29) is 0 Å². The minimum atomic E-state index is -3.28. The summed E-state index contributed by atoms with van der Waals surface area (Å²) in [6.45, 7) is 4.39. The number of sulfonamides is 1. The van der Waals surface area contributed by atoms with Gasteiger partial charge in [-0.25, -0.2) is 8.42 Å². The molecular weight excluding hydrogens is 242 g/mol. The van der Waals surface area contributed by atoms with Crippen molar-refractivity contribution in [3.63, 3.8) is 0 Å². The second-order valence-corrected chi connectivity index (χ2v) is 6.54. The molecule has 0 N–H and O–H groups in total. The quantitative estimate of drug-likeness (QED) is 0.745. The molecule has 1 rings (SSSR count). The third-order valence-electron chi connectivity index (χ3n) is 2.44. The van der Waals surface area contributed by atoms with Crippen molar-refractivity contribution in [1.82, 2.24) is 4.31 Å². The third kappa shape index (κ3) is 3.83. The molecule has 0 spiro atoms. The van der Waals surface area contributed by atoms with Gasteiger partial charge in [-0.1, -0.05) is 0 Å². The maximum Gasteiger partial charge on any atom is 0.216 e. The first-order valence-electron chi connectivity index (χ1n) is 5.47. The fraction of sp³-hybridized carbons (Fsp3) is 0.636. The Bertz CT molecular complexity index is 411. The van der Waals surface area contributed by atoms with Crippen molar-refractivity contribution < 1.29 is 17.6 Å². The summed E-state index contributed by atoms with van der Waals surface area (Å²) in [5, 5.41) is -0.439. The van der Waals surface area contributed by atoms with Gasteiger partial charge in [0.05, 0.1) is 24.4 Å². The Morgan fingerprint density at radius 3 is 2.65 bits per heavy atom. The lowest BCUT2D eigenvalue weighted by atomic mass is 10.3. The Labute approximate surface area is 102 Å². The first-order chi connectivity index (χ1) is 7.98. The standard InChI is InChI=1S/C11H19NO4S/c1-10(2)17(13,14)12(5-7-15-3)8-11-4-6-16-9-11/h4,6,9-10H,5,7-8H2,1-3H3. The molecule has 0 amide bonds. The van der Waals surface area contributed by atoms with Gasteiger partial charge < -0.3 is 9.15 Å². The highest BCUT2D eigenvalue weighted by Gasteiger charge is 2.25. The van der Waals surface area contributed by atoms with Crippen molar-refractivity contribution >= 4 is 10.0 Å². The molecule has 17 heavy (non-hydrogen) atoms. The van der Waals surface area contributed by atoms with E-state index in [4.69, 9.17) is 9.15 Å². The molecular formula is C11H19NO4S. The van der Waals surface area contributed by atoms with Gasteiger partial charge in [0.15, 0.2) is 0 Å². The summed E-state index contributed by atoms with van der Waals surface area (Å²) < 4.78 is 35.5. The van der Waals surface area contributed by atoms with Crippen molar-refractivity contribution in [3.8, 4) is 0 Å². The van der Waals surface area contributed by atoms with Crippen molar-refractivity contribution in [2.75, 3.05) is 20.3 Å². The molecule has 0 radical (unpaired) electrons. The number of nitrogens with zero attached hydrogens (tertiary/aromatic N) is 1. The summed E-state index contributed by atoms with van der Waals surface area (Å²) in [4.78, 5) is 0. The van der Waals surface area contributed by atoms with Crippen LogP contribution in [0.5, 0.6) is 0 Å². The zero-order valence-corrected chi connectivity index (χ0v) is 11.2. The Morgan fingerprint density at radius 1 is 1.47 bits per heavy atom. The van der Waals surface area contributed by atoms with E-state index in [1.807, 2.05) is 0 Å². The van der Waals surface area contributed by atoms with Crippen molar-refractivity contribution in [2.24, 2.45) is 0 Å². The van der Waals surface area contributed by atoms with Gasteiger partial charge in [-0.15, -0.1) is 0 Å². The lowest BCUT2D eigenvalue weighted by Crippen LogP contribution is -2.37. The summed E-state index contributed by atoms with van der Waals surface area (Å²) in [5.74, 6) is 0. The zero-order valence-electron chi connectivity index (χ0n) is 10.4. The third-order valence-corrected chi connectivity index (χ3v) is 4.66. The number of methoxy groups -OCH3 is 1. The van der Waals surface area contributed by atoms with Gasteiger partial charge in [0.1, 0.15) is 0 Å². The van der Waals surface area contributed by atoms with E-state index < -0.39 is 15.3 Å². The summed E-state index contributed by atoms with van der Waals surface area (Å²) in [7, 11) is -1.72. The Balaban J connectivity index is 2.80. The largest absolute Gasteiger partial charge is 0.472 e. The number of rotatable bonds is 7. The summed E-state index contributed by atoms with van der Waals surface area (Å²) in [6.07, 6.45) is 3.08. The molecule has 0 unspecified atom stereocenters. The first kappa shape index (κ1) is 14.2. The summed E-state index contributed by atoms with van der Waals surface area (Å²) >= 11 is 0. The Hall–Kier alpha value is -0.850. The van der Waals surface area contributed by atoms with Crippen molar-refractivity contribution in [3.05, 3.63) is 24.2 Å². The molecule has 0 bridgehead atoms. The predicted octanol–water partition coefficient (Wildman–Crippen LogP) is 1.47. The van der Waals surface area contributed by atoms with Crippen LogP contribution in [0.15, 0.2) is 23.0 Å². The molecule has 6 heteroatoms. The fourth-order valence-corrected chi connectivity index (χ4v) is 2.63. The molecule has 5 nitrogen and oxygen atoms in total. The highest BCUT2D eigenvalue weighted by atomic mass is 32.2. The van der Waals surface area contributed by atoms with Crippen LogP contribution in [-0.2, 0) is 21.3 Å². The molecule has 0 atom stereocenters. The normalized spacial score (nSPS) is 12.5. The molecule has 0 saturated carbocycles. The summed E-state index contributed by atoms with van der Waals surface area (Å²) in [5.41, 5.74) is 0.838. The van der Waals surface area contributed by atoms with E-state index in [9.17, 15) is 8.42 Å². The highest BCUT2D eigenvalue weighted by molar-refractivity contribution is 7.89. The first-order valence-corrected chi connectivity index (χ1v) is 6.97. The predicted molar refractivity (Wildman–Crippen MR) is 65.0 cm³/mol. The van der Waals surface area contributed by atoms with Gasteiger partial charge >= 0.3 is 0 Å². The number of ether oxygens (including phenoxy) is 1. The lowest BCUT2D eigenvalue weighted by Gasteiger charge is -2.23. The van der Waals surface area contributed by atoms with E-state index in [0.717, 1.165) is 5.56 Å². The van der Waals surface area contributed by atoms with Crippen molar-refractivity contribution in [1.29, 1.82) is 0 Å². The van der Waals surface area contributed by atoms with Crippen LogP contribution in [0.25, 0.3) is 0 Å². The topological polar surface area (TPSA) is 59.8 Å². The van der Waals surface area contributed by atoms with Gasteiger partial charge in [0, 0.05) is 25.8 Å². The molecule has 0 aliphatic heterocycles. The van der Waals surface area contributed by atoms with E-state index in [1.54, 1.807) is 33.3 Å². The second-order valence-electron chi connectivity index (χ2n) is 4.05. The van der Waals surface area contributed by atoms with Crippen LogP contribution in [0, 0.1) is 0 Å². The minimum absolute atomic E-state index is 0.320. The number of hydrogen-bond donors (Lipinski definition) is 0. The molecule has 0 aromatic carbocycles. The molecule has 0 aliphatic carbocycles. The van der Waals surface area contributed by atoms with E-state index >= 15 is 0 Å². The van der Waals surface area contributed by atoms with E-state index in [1.165, 1.54) is 10.6 Å². The van der Waals surface area contributed by atoms with Gasteiger partial charge in [0.25, 0.3) is 0 Å². The van der Waals surface area contributed by atoms with Crippen LogP contribution in [0.4, 0.5) is 0 Å². The van der Waals surface area contributed by atoms with Crippen LogP contribution < -0.4 is 0 Å². The van der Waals surface area contributed by atoms with Crippen LogP contribution in [0.3, 0.4) is 0 Å². The van der Waals surface area contributed by atoms with Crippen LogP contribution in [0.2, 0.25) is 0 Å². The Kier molecular flexibility index (Phi) is 5.17. The van der Waals surface area contributed by atoms with Gasteiger partial charge in [-0.2, -0.15) is 4.31 Å². The molecule has 98 valence electrons. The van der Waals surface area contributed by atoms with Crippen LogP contribution in [-0.4, -0.2) is 38.2 Å². The smallest absolute Gasteiger partial charge is 0.216 e. The zero-order chi connectivity index (χ0) is 12.9. The second kappa shape index (κ2) is 6.18. The molecule has 0 saturated heterocycles. The van der Waals surface area contributed by atoms with Gasteiger partial charge in [-0.3, -0.25) is 0 Å². The molecule has 1 aromatic rings. The fourth-order valence-electron chi connectivity index (χ4n) is 1.37. The lowest BCUT2D eigenvalue weighted by molar-refractivity contribution is 0.177. The number of hydrogen-bond acceptors (Lipinski definition) is 4. The van der Waals surface area contributed by atoms with Crippen LogP contribution >= 0.6 is 0 Å². The average Bonchev–Trinajstić information content (AvgIpc) is 2.76. The van der Waals surface area contributed by atoms with Gasteiger partial charge in [-0.05, 0) is 19.9 Å². The number of furan rings is 1. The minimum Gasteiger partial charge on any atom is -0.472 e. The average molecular weight is 261 g/mol. The highest BCUT2D eigenvalue weighted by Crippen LogP contribution is 2.13. The molecule has 1 aromatic heterocycles. The Morgan fingerprint density at radius 2 is 2.18 bits per heavy atom. The maximum absolute atomic E-state index is 12.1. The monoisotopic (exact) mass is 261 g/mol. The van der Waals surface area contributed by atoms with E-state index in [2.05, 4.69) is 0 Å².